The molecule has 1 aliphatic heterocycles. The van der Waals surface area contributed by atoms with Crippen molar-refractivity contribution in [3.8, 4) is 0 Å². The molecule has 0 atom stereocenters. The van der Waals surface area contributed by atoms with Crippen molar-refractivity contribution in [3.63, 3.8) is 0 Å². The zero-order valence-electron chi connectivity index (χ0n) is 16.9. The van der Waals surface area contributed by atoms with Crippen molar-refractivity contribution in [1.82, 2.24) is 9.88 Å². The second-order valence-electron chi connectivity index (χ2n) is 7.20. The summed E-state index contributed by atoms with van der Waals surface area (Å²) in [4.78, 5) is 32.9. The lowest BCUT2D eigenvalue weighted by molar-refractivity contribution is -0.385. The van der Waals surface area contributed by atoms with Gasteiger partial charge in [-0.3, -0.25) is 24.7 Å². The number of aromatic nitrogens is 1. The van der Waals surface area contributed by atoms with Gasteiger partial charge in [0.1, 0.15) is 5.52 Å². The van der Waals surface area contributed by atoms with Crippen LogP contribution in [0.2, 0.25) is 5.02 Å². The molecule has 4 rings (SSSR count). The Labute approximate surface area is 188 Å². The largest absolute Gasteiger partial charge is 0.379 e. The standard InChI is InChI=1S/C21H21ClN4O4S/c1-14-15(4-2-6-17(14)26(28)29)20(27)25(9-8-24-10-12-30-13-11-24)21-23-19-16(22)5-3-7-18(19)31-21/h2-7H,8-13H2,1H3. The summed E-state index contributed by atoms with van der Waals surface area (Å²) in [6.45, 7) is 5.56. The SMILES string of the molecule is Cc1c(C(=O)N(CCN2CCOCC2)c2nc3c(Cl)cccc3s2)cccc1[N+](=O)[O-]. The number of ether oxygens (including phenoxy) is 1. The Morgan fingerprint density at radius 1 is 1.29 bits per heavy atom. The predicted octanol–water partition coefficient (Wildman–Crippen LogP) is 4.15. The predicted molar refractivity (Wildman–Crippen MR) is 121 cm³/mol. The monoisotopic (exact) mass is 460 g/mol. The van der Waals surface area contributed by atoms with Crippen molar-refractivity contribution in [2.24, 2.45) is 0 Å². The first-order chi connectivity index (χ1) is 15.0. The number of hydrogen-bond acceptors (Lipinski definition) is 7. The lowest BCUT2D eigenvalue weighted by atomic mass is 10.1. The van der Waals surface area contributed by atoms with Crippen LogP contribution in [-0.4, -0.2) is 60.1 Å². The first-order valence-electron chi connectivity index (χ1n) is 9.86. The summed E-state index contributed by atoms with van der Waals surface area (Å²) in [5, 5.41) is 12.4. The molecule has 0 aliphatic carbocycles. The molecule has 8 nitrogen and oxygen atoms in total. The molecule has 1 saturated heterocycles. The minimum atomic E-state index is -0.471. The molecule has 0 spiro atoms. The van der Waals surface area contributed by atoms with E-state index in [4.69, 9.17) is 16.3 Å². The highest BCUT2D eigenvalue weighted by Crippen LogP contribution is 2.34. The quantitative estimate of drug-likeness (QED) is 0.405. The molecule has 1 fully saturated rings. The van der Waals surface area contributed by atoms with Crippen molar-refractivity contribution in [2.45, 2.75) is 6.92 Å². The molecule has 3 aromatic rings. The van der Waals surface area contributed by atoms with Crippen molar-refractivity contribution in [1.29, 1.82) is 0 Å². The zero-order valence-corrected chi connectivity index (χ0v) is 18.5. The first-order valence-corrected chi connectivity index (χ1v) is 11.1. The van der Waals surface area contributed by atoms with E-state index >= 15 is 0 Å². The zero-order chi connectivity index (χ0) is 22.0. The van der Waals surface area contributed by atoms with E-state index in [1.807, 2.05) is 12.1 Å². The van der Waals surface area contributed by atoms with E-state index in [2.05, 4.69) is 9.88 Å². The third-order valence-corrected chi connectivity index (χ3v) is 6.66. The average molecular weight is 461 g/mol. The van der Waals surface area contributed by atoms with Crippen LogP contribution in [0.15, 0.2) is 36.4 Å². The summed E-state index contributed by atoms with van der Waals surface area (Å²) in [5.74, 6) is -0.315. The van der Waals surface area contributed by atoms with Crippen LogP contribution >= 0.6 is 22.9 Å². The summed E-state index contributed by atoms with van der Waals surface area (Å²) in [6.07, 6.45) is 0. The summed E-state index contributed by atoms with van der Waals surface area (Å²) < 4.78 is 6.28. The van der Waals surface area contributed by atoms with E-state index in [-0.39, 0.29) is 11.6 Å². The molecule has 31 heavy (non-hydrogen) atoms. The third-order valence-electron chi connectivity index (χ3n) is 5.31. The number of halogens is 1. The van der Waals surface area contributed by atoms with E-state index in [1.54, 1.807) is 24.0 Å². The summed E-state index contributed by atoms with van der Waals surface area (Å²) in [5.41, 5.74) is 1.20. The van der Waals surface area contributed by atoms with Gasteiger partial charge in [0, 0.05) is 43.4 Å². The topological polar surface area (TPSA) is 88.8 Å². The molecule has 0 bridgehead atoms. The smallest absolute Gasteiger partial charge is 0.273 e. The van der Waals surface area contributed by atoms with Crippen LogP contribution in [0.4, 0.5) is 10.8 Å². The van der Waals surface area contributed by atoms with Crippen molar-refractivity contribution < 1.29 is 14.5 Å². The van der Waals surface area contributed by atoms with E-state index in [1.165, 1.54) is 23.5 Å². The molecular weight excluding hydrogens is 440 g/mol. The van der Waals surface area contributed by atoms with E-state index in [9.17, 15) is 14.9 Å². The Kier molecular flexibility index (Phi) is 6.47. The number of hydrogen-bond donors (Lipinski definition) is 0. The van der Waals surface area contributed by atoms with Gasteiger partial charge in [-0.2, -0.15) is 0 Å². The molecule has 2 aromatic carbocycles. The van der Waals surface area contributed by atoms with Crippen molar-refractivity contribution in [3.05, 3.63) is 62.7 Å². The van der Waals surface area contributed by atoms with Crippen molar-refractivity contribution in [2.75, 3.05) is 44.3 Å². The van der Waals surface area contributed by atoms with Gasteiger partial charge in [-0.15, -0.1) is 0 Å². The highest BCUT2D eigenvalue weighted by molar-refractivity contribution is 7.22. The number of thiazole rings is 1. The minimum absolute atomic E-state index is 0.0775. The second-order valence-corrected chi connectivity index (χ2v) is 8.62. The van der Waals surface area contributed by atoms with Gasteiger partial charge in [-0.25, -0.2) is 4.98 Å². The summed E-state index contributed by atoms with van der Waals surface area (Å²) >= 11 is 7.67. The van der Waals surface area contributed by atoms with Gasteiger partial charge in [0.15, 0.2) is 5.13 Å². The maximum atomic E-state index is 13.6. The lowest BCUT2D eigenvalue weighted by Gasteiger charge is -2.29. The van der Waals surface area contributed by atoms with Gasteiger partial charge in [0.2, 0.25) is 0 Å². The highest BCUT2D eigenvalue weighted by atomic mass is 35.5. The Balaban J connectivity index is 1.70. The summed E-state index contributed by atoms with van der Waals surface area (Å²) in [7, 11) is 0. The molecule has 162 valence electrons. The molecule has 0 radical (unpaired) electrons. The number of carbonyl (C=O) groups is 1. The normalized spacial score (nSPS) is 14.6. The van der Waals surface area contributed by atoms with Crippen molar-refractivity contribution >= 4 is 49.9 Å². The Hall–Kier alpha value is -2.59. The van der Waals surface area contributed by atoms with Crippen LogP contribution in [0.1, 0.15) is 15.9 Å². The number of anilines is 1. The van der Waals surface area contributed by atoms with Gasteiger partial charge in [-0.05, 0) is 25.1 Å². The maximum absolute atomic E-state index is 13.6. The number of benzene rings is 2. The molecule has 1 aromatic heterocycles. The van der Waals surface area contributed by atoms with Crippen LogP contribution in [0.25, 0.3) is 10.2 Å². The van der Waals surface area contributed by atoms with Gasteiger partial charge in [0.05, 0.1) is 27.9 Å². The number of rotatable bonds is 6. The average Bonchev–Trinajstić information content (AvgIpc) is 3.20. The van der Waals surface area contributed by atoms with Crippen LogP contribution in [-0.2, 0) is 4.74 Å². The van der Waals surface area contributed by atoms with Gasteiger partial charge >= 0.3 is 0 Å². The molecule has 0 saturated carbocycles. The van der Waals surface area contributed by atoms with E-state index < -0.39 is 4.92 Å². The van der Waals surface area contributed by atoms with Gasteiger partial charge in [0.25, 0.3) is 11.6 Å². The molecule has 1 aliphatic rings. The second kappa shape index (κ2) is 9.27. The number of nitro benzene ring substituents is 1. The lowest BCUT2D eigenvalue weighted by Crippen LogP contribution is -2.43. The van der Waals surface area contributed by atoms with Crippen LogP contribution in [0.3, 0.4) is 0 Å². The number of para-hydroxylation sites is 1. The number of amides is 1. The molecule has 2 heterocycles. The third kappa shape index (κ3) is 4.54. The van der Waals surface area contributed by atoms with Gasteiger partial charge < -0.3 is 4.74 Å². The van der Waals surface area contributed by atoms with Gasteiger partial charge in [-0.1, -0.05) is 35.1 Å². The van der Waals surface area contributed by atoms with Crippen LogP contribution in [0, 0.1) is 17.0 Å². The number of morpholine rings is 1. The fourth-order valence-electron chi connectivity index (χ4n) is 3.57. The Bertz CT molecular complexity index is 1130. The highest BCUT2D eigenvalue weighted by Gasteiger charge is 2.26. The molecule has 10 heteroatoms. The minimum Gasteiger partial charge on any atom is -0.379 e. The van der Waals surface area contributed by atoms with Crippen LogP contribution in [0.5, 0.6) is 0 Å². The maximum Gasteiger partial charge on any atom is 0.273 e. The molecule has 0 unspecified atom stereocenters. The fourth-order valence-corrected chi connectivity index (χ4v) is 4.86. The number of carbonyl (C=O) groups excluding carboxylic acids is 1. The number of fused-ring (bicyclic) bond motifs is 1. The fraction of sp³-hybridized carbons (Fsp3) is 0.333. The Morgan fingerprint density at radius 2 is 2.03 bits per heavy atom. The molecular formula is C21H21ClN4O4S. The van der Waals surface area contributed by atoms with E-state index in [0.29, 0.717) is 53.1 Å². The van der Waals surface area contributed by atoms with Crippen LogP contribution < -0.4 is 4.90 Å². The summed E-state index contributed by atoms with van der Waals surface area (Å²) in [6, 6.07) is 10.1. The molecule has 1 amide bonds. The number of nitro groups is 1. The number of nitrogens with zero attached hydrogens (tertiary/aromatic N) is 4. The molecule has 0 N–H and O–H groups in total. The Morgan fingerprint density at radius 3 is 2.74 bits per heavy atom. The first kappa shape index (κ1) is 21.6. The van der Waals surface area contributed by atoms with E-state index in [0.717, 1.165) is 17.8 Å².